The van der Waals surface area contributed by atoms with Crippen molar-refractivity contribution in [2.24, 2.45) is 0 Å². The lowest BCUT2D eigenvalue weighted by Crippen LogP contribution is -1.69. The Labute approximate surface area is 96.2 Å². The van der Waals surface area contributed by atoms with Gasteiger partial charge in [-0.15, -0.1) is 13.2 Å². The Kier molecular flexibility index (Phi) is 13.3. The largest absolute Gasteiger partial charge is 0.106 e. The van der Waals surface area contributed by atoms with E-state index in [1.165, 1.54) is 5.54 Å². The molecule has 0 amide bonds. The van der Waals surface area contributed by atoms with Crippen molar-refractivity contribution in [3.05, 3.63) is 66.7 Å². The molecule has 0 radical (unpaired) electrons. The third kappa shape index (κ3) is 7.66. The van der Waals surface area contributed by atoms with Gasteiger partial charge in [0.1, 0.15) is 0 Å². The third-order valence-corrected chi connectivity index (χ3v) is 1.47. The number of hydrogen-bond acceptors (Lipinski definition) is 0. The lowest BCUT2D eigenvalue weighted by Gasteiger charge is -1.92. The molecule has 0 aliphatic heterocycles. The summed E-state index contributed by atoms with van der Waals surface area (Å²) >= 11 is 10.5. The molecule has 0 heterocycles. The Balaban J connectivity index is 0. The molecular weight excluding hydrogens is 215 g/mol. The molecule has 0 bridgehead atoms. The number of hydrogen-bond donors (Lipinski definition) is 0. The quantitative estimate of drug-likeness (QED) is 0.584. The lowest BCUT2D eigenvalue weighted by molar-refractivity contribution is 1.66. The molecule has 0 unspecified atom stereocenters. The fourth-order valence-electron chi connectivity index (χ4n) is 0.641. The molecule has 0 nitrogen and oxygen atoms in total. The Morgan fingerprint density at radius 1 is 1.07 bits per heavy atom. The molecule has 0 saturated carbocycles. The fraction of sp³-hybridized carbons (Fsp3) is 0. The summed E-state index contributed by atoms with van der Waals surface area (Å²) < 4.78 is 0. The van der Waals surface area contributed by atoms with E-state index in [0.717, 1.165) is 10.6 Å². The summed E-state index contributed by atoms with van der Waals surface area (Å²) in [6, 6.07) is 7.60. The first-order valence-corrected chi connectivity index (χ1v) is 4.65. The van der Waals surface area contributed by atoms with Crippen LogP contribution in [-0.2, 0) is 0 Å². The van der Waals surface area contributed by atoms with Crippen molar-refractivity contribution < 1.29 is 0 Å². The van der Waals surface area contributed by atoms with Gasteiger partial charge in [-0.2, -0.15) is 0 Å². The Morgan fingerprint density at radius 2 is 1.50 bits per heavy atom. The minimum Gasteiger partial charge on any atom is -0.106 e. The number of rotatable bonds is 1. The van der Waals surface area contributed by atoms with Crippen LogP contribution < -0.4 is 0 Å². The first-order chi connectivity index (χ1) is 6.76. The monoisotopic (exact) mass is 228 g/mol. The highest BCUT2D eigenvalue weighted by Gasteiger charge is 1.89. The van der Waals surface area contributed by atoms with E-state index < -0.39 is 0 Å². The number of halogens is 2. The molecule has 0 aliphatic rings. The van der Waals surface area contributed by atoms with Gasteiger partial charge < -0.3 is 0 Å². The fourth-order valence-corrected chi connectivity index (χ4v) is 0.854. The van der Waals surface area contributed by atoms with E-state index in [0.29, 0.717) is 0 Å². The van der Waals surface area contributed by atoms with Crippen LogP contribution in [0.2, 0.25) is 5.02 Å². The molecule has 1 rings (SSSR count). The van der Waals surface area contributed by atoms with Crippen LogP contribution in [0.3, 0.4) is 0 Å². The first-order valence-electron chi connectivity index (χ1n) is 3.84. The van der Waals surface area contributed by atoms with Crippen LogP contribution in [0.4, 0.5) is 0 Å². The molecule has 2 heteroatoms. The van der Waals surface area contributed by atoms with E-state index in [1.807, 2.05) is 24.3 Å². The van der Waals surface area contributed by atoms with Gasteiger partial charge in [-0.05, 0) is 17.2 Å². The van der Waals surface area contributed by atoms with Crippen molar-refractivity contribution in [3.8, 4) is 0 Å². The molecular formula is C12H14Cl2. The summed E-state index contributed by atoms with van der Waals surface area (Å²) in [5.41, 5.74) is 2.21. The first kappa shape index (κ1) is 15.5. The van der Waals surface area contributed by atoms with Gasteiger partial charge in [-0.3, -0.25) is 0 Å². The predicted octanol–water partition coefficient (Wildman–Crippen LogP) is 5.15. The van der Waals surface area contributed by atoms with Crippen LogP contribution in [0, 0.1) is 0 Å². The van der Waals surface area contributed by atoms with Crippen LogP contribution in [0.5, 0.6) is 0 Å². The van der Waals surface area contributed by atoms with E-state index >= 15 is 0 Å². The van der Waals surface area contributed by atoms with Gasteiger partial charge in [-0.25, -0.2) is 0 Å². The maximum atomic E-state index is 5.75. The minimum absolute atomic E-state index is 0.757. The average Bonchev–Trinajstić information content (AvgIpc) is 2.23. The molecule has 0 aliphatic carbocycles. The van der Waals surface area contributed by atoms with Gasteiger partial charge >= 0.3 is 0 Å². The molecule has 0 N–H and O–H groups in total. The van der Waals surface area contributed by atoms with Gasteiger partial charge in [0.05, 0.1) is 0 Å². The van der Waals surface area contributed by atoms with Crippen LogP contribution in [0.15, 0.2) is 56.1 Å². The van der Waals surface area contributed by atoms with E-state index in [9.17, 15) is 0 Å². The van der Waals surface area contributed by atoms with Gasteiger partial charge in [0.25, 0.3) is 0 Å². The molecule has 14 heavy (non-hydrogen) atoms. The van der Waals surface area contributed by atoms with Crippen molar-refractivity contribution in [2.45, 2.75) is 0 Å². The summed E-state index contributed by atoms with van der Waals surface area (Å²) in [4.78, 5) is 0. The van der Waals surface area contributed by atoms with E-state index in [-0.39, 0.29) is 0 Å². The third-order valence-electron chi connectivity index (χ3n) is 1.13. The molecule has 0 aromatic heterocycles. The Hall–Kier alpha value is -0.980. The van der Waals surface area contributed by atoms with E-state index in [4.69, 9.17) is 23.2 Å². The second kappa shape index (κ2) is 12.0. The highest BCUT2D eigenvalue weighted by molar-refractivity contribution is 6.32. The molecule has 76 valence electrons. The summed E-state index contributed by atoms with van der Waals surface area (Å²) in [7, 11) is 0. The van der Waals surface area contributed by atoms with Gasteiger partial charge in [0.15, 0.2) is 0 Å². The second-order valence-corrected chi connectivity index (χ2v) is 2.60. The van der Waals surface area contributed by atoms with Crippen molar-refractivity contribution in [3.63, 3.8) is 0 Å². The van der Waals surface area contributed by atoms with Gasteiger partial charge in [0.2, 0.25) is 0 Å². The normalized spacial score (nSPS) is 7.00. The van der Waals surface area contributed by atoms with Crippen molar-refractivity contribution >= 4 is 29.3 Å². The second-order valence-electron chi connectivity index (χ2n) is 1.88. The van der Waals surface area contributed by atoms with Crippen LogP contribution >= 0.6 is 23.2 Å². The minimum atomic E-state index is 0.757. The molecule has 0 saturated heterocycles. The number of benzene rings is 1. The highest BCUT2D eigenvalue weighted by atomic mass is 35.5. The van der Waals surface area contributed by atoms with Crippen molar-refractivity contribution in [1.82, 2.24) is 0 Å². The SMILES string of the molecule is C=C.C=CCl.C=Cc1ccccc1Cl. The van der Waals surface area contributed by atoms with E-state index in [1.54, 1.807) is 6.08 Å². The zero-order chi connectivity index (χ0) is 11.4. The van der Waals surface area contributed by atoms with Crippen LogP contribution in [0.1, 0.15) is 5.56 Å². The Morgan fingerprint density at radius 3 is 1.79 bits per heavy atom. The van der Waals surface area contributed by atoms with Crippen LogP contribution in [0.25, 0.3) is 6.08 Å². The molecule has 0 atom stereocenters. The van der Waals surface area contributed by atoms with Gasteiger partial charge in [0, 0.05) is 5.02 Å². The van der Waals surface area contributed by atoms with E-state index in [2.05, 4.69) is 26.3 Å². The molecule has 1 aromatic rings. The average molecular weight is 229 g/mol. The molecule has 0 fully saturated rings. The smallest absolute Gasteiger partial charge is 0.0478 e. The molecule has 1 aromatic carbocycles. The predicted molar refractivity (Wildman–Crippen MR) is 68.8 cm³/mol. The van der Waals surface area contributed by atoms with Crippen molar-refractivity contribution in [2.75, 3.05) is 0 Å². The summed E-state index contributed by atoms with van der Waals surface area (Å²) in [6.07, 6.45) is 1.74. The maximum absolute atomic E-state index is 5.75. The zero-order valence-corrected chi connectivity index (χ0v) is 9.56. The summed E-state index contributed by atoms with van der Waals surface area (Å²) in [6.45, 7) is 12.7. The summed E-state index contributed by atoms with van der Waals surface area (Å²) in [5, 5.41) is 0.757. The zero-order valence-electron chi connectivity index (χ0n) is 8.05. The van der Waals surface area contributed by atoms with Crippen molar-refractivity contribution in [1.29, 1.82) is 0 Å². The lowest BCUT2D eigenvalue weighted by atomic mass is 10.2. The maximum Gasteiger partial charge on any atom is 0.0478 e. The Bertz CT molecular complexity index is 267. The standard InChI is InChI=1S/C8H7Cl.C2H3Cl.C2H4/c1-2-7-5-3-4-6-8(7)9;1-2-3;1-2/h2-6H,1H2;2H,1H2;1-2H2. The molecule has 0 spiro atoms. The topological polar surface area (TPSA) is 0 Å². The van der Waals surface area contributed by atoms with Gasteiger partial charge in [-0.1, -0.05) is 60.6 Å². The highest BCUT2D eigenvalue weighted by Crippen LogP contribution is 2.14. The summed E-state index contributed by atoms with van der Waals surface area (Å²) in [5.74, 6) is 0. The van der Waals surface area contributed by atoms with Crippen LogP contribution in [-0.4, -0.2) is 0 Å².